The van der Waals surface area contributed by atoms with Gasteiger partial charge in [-0.15, -0.1) is 0 Å². The number of sulfonamides is 1. The number of thioether (sulfide) groups is 1. The van der Waals surface area contributed by atoms with Crippen LogP contribution < -0.4 is 5.32 Å². The Morgan fingerprint density at radius 1 is 1.10 bits per heavy atom. The van der Waals surface area contributed by atoms with Gasteiger partial charge in [-0.2, -0.15) is 16.1 Å². The molecule has 0 aromatic heterocycles. The van der Waals surface area contributed by atoms with Gasteiger partial charge in [0.2, 0.25) is 10.0 Å². The van der Waals surface area contributed by atoms with Crippen molar-refractivity contribution in [2.75, 3.05) is 25.4 Å². The minimum atomic E-state index is -3.75. The van der Waals surface area contributed by atoms with E-state index in [-0.39, 0.29) is 27.2 Å². The SMILES string of the molecule is O=C(NCCSCc1ccccc1F)c1ccc(Cl)c(S(=O)(=O)N2CCCCCC2)c1. The summed E-state index contributed by atoms with van der Waals surface area (Å²) in [4.78, 5) is 12.5. The van der Waals surface area contributed by atoms with Crippen molar-refractivity contribution in [3.63, 3.8) is 0 Å². The Bertz CT molecular complexity index is 1010. The summed E-state index contributed by atoms with van der Waals surface area (Å²) in [5.74, 6) is 0.516. The maximum atomic E-state index is 13.6. The molecule has 0 saturated carbocycles. The third-order valence-corrected chi connectivity index (χ3v) is 8.51. The minimum absolute atomic E-state index is 0.0300. The molecule has 1 fully saturated rings. The fourth-order valence-corrected chi connectivity index (χ4v) is 6.26. The zero-order chi connectivity index (χ0) is 22.3. The summed E-state index contributed by atoms with van der Waals surface area (Å²) in [5, 5.41) is 2.89. The van der Waals surface area contributed by atoms with Crippen molar-refractivity contribution in [3.8, 4) is 0 Å². The molecule has 1 N–H and O–H groups in total. The Balaban J connectivity index is 1.58. The van der Waals surface area contributed by atoms with Crippen molar-refractivity contribution in [2.24, 2.45) is 0 Å². The molecular weight excluding hydrogens is 459 g/mol. The molecule has 0 spiro atoms. The number of halogens is 2. The number of nitrogens with one attached hydrogen (secondary N) is 1. The maximum absolute atomic E-state index is 13.6. The number of hydrogen-bond acceptors (Lipinski definition) is 4. The van der Waals surface area contributed by atoms with E-state index in [2.05, 4.69) is 5.32 Å². The van der Waals surface area contributed by atoms with E-state index in [1.165, 1.54) is 40.3 Å². The summed E-state index contributed by atoms with van der Waals surface area (Å²) >= 11 is 7.70. The first-order valence-electron chi connectivity index (χ1n) is 10.3. The molecule has 2 aromatic rings. The van der Waals surface area contributed by atoms with E-state index in [1.807, 2.05) is 0 Å². The lowest BCUT2D eigenvalue weighted by Crippen LogP contribution is -2.32. The predicted octanol–water partition coefficient (Wildman–Crippen LogP) is 4.71. The smallest absolute Gasteiger partial charge is 0.251 e. The summed E-state index contributed by atoms with van der Waals surface area (Å²) in [7, 11) is -3.75. The molecule has 1 aliphatic heterocycles. The highest BCUT2D eigenvalue weighted by Crippen LogP contribution is 2.27. The molecule has 1 saturated heterocycles. The summed E-state index contributed by atoms with van der Waals surface area (Å²) < 4.78 is 41.2. The lowest BCUT2D eigenvalue weighted by molar-refractivity contribution is 0.0956. The molecule has 168 valence electrons. The first-order chi connectivity index (χ1) is 14.9. The zero-order valence-corrected chi connectivity index (χ0v) is 19.5. The minimum Gasteiger partial charge on any atom is -0.351 e. The highest BCUT2D eigenvalue weighted by molar-refractivity contribution is 7.98. The normalized spacial score (nSPS) is 15.4. The van der Waals surface area contributed by atoms with Gasteiger partial charge in [-0.05, 0) is 42.7 Å². The van der Waals surface area contributed by atoms with Crippen LogP contribution in [0.25, 0.3) is 0 Å². The molecule has 9 heteroatoms. The van der Waals surface area contributed by atoms with Crippen molar-refractivity contribution in [3.05, 3.63) is 64.4 Å². The van der Waals surface area contributed by atoms with Crippen molar-refractivity contribution in [2.45, 2.75) is 36.3 Å². The standard InChI is InChI=1S/C22H26ClFN2O3S2/c23-19-10-9-17(15-21(19)31(28,29)26-12-5-1-2-6-13-26)22(27)25-11-14-30-16-18-7-3-4-8-20(18)24/h3-4,7-10,15H,1-2,5-6,11-14,16H2,(H,25,27). The fraction of sp³-hybridized carbons (Fsp3) is 0.409. The molecule has 0 radical (unpaired) electrons. The second-order valence-electron chi connectivity index (χ2n) is 7.36. The molecule has 3 rings (SSSR count). The first-order valence-corrected chi connectivity index (χ1v) is 13.3. The van der Waals surface area contributed by atoms with Gasteiger partial charge in [-0.1, -0.05) is 42.6 Å². The molecule has 0 atom stereocenters. The van der Waals surface area contributed by atoms with Crippen LogP contribution in [-0.2, 0) is 15.8 Å². The van der Waals surface area contributed by atoms with Crippen LogP contribution in [-0.4, -0.2) is 44.0 Å². The topological polar surface area (TPSA) is 66.5 Å². The number of hydrogen-bond donors (Lipinski definition) is 1. The Morgan fingerprint density at radius 3 is 2.52 bits per heavy atom. The first kappa shape index (κ1) is 24.0. The molecule has 31 heavy (non-hydrogen) atoms. The lowest BCUT2D eigenvalue weighted by Gasteiger charge is -2.21. The summed E-state index contributed by atoms with van der Waals surface area (Å²) in [5.41, 5.74) is 0.872. The van der Waals surface area contributed by atoms with E-state index >= 15 is 0 Å². The predicted molar refractivity (Wildman–Crippen MR) is 124 cm³/mol. The molecule has 1 amide bonds. The van der Waals surface area contributed by atoms with Crippen LogP contribution in [0.2, 0.25) is 5.02 Å². The van der Waals surface area contributed by atoms with E-state index in [4.69, 9.17) is 11.6 Å². The van der Waals surface area contributed by atoms with Gasteiger partial charge in [0.05, 0.1) is 5.02 Å². The monoisotopic (exact) mass is 484 g/mol. The van der Waals surface area contributed by atoms with Crippen LogP contribution in [0, 0.1) is 5.82 Å². The Kier molecular flexibility index (Phi) is 8.77. The number of carbonyl (C=O) groups is 1. The third-order valence-electron chi connectivity index (χ3n) is 5.12. The van der Waals surface area contributed by atoms with Crippen LogP contribution in [0.4, 0.5) is 4.39 Å². The van der Waals surface area contributed by atoms with Crippen LogP contribution in [0.3, 0.4) is 0 Å². The molecule has 0 aliphatic carbocycles. The van der Waals surface area contributed by atoms with Crippen molar-refractivity contribution >= 4 is 39.3 Å². The second-order valence-corrected chi connectivity index (χ2v) is 10.8. The number of carbonyl (C=O) groups excluding carboxylic acids is 1. The van der Waals surface area contributed by atoms with Gasteiger partial charge in [0.15, 0.2) is 0 Å². The molecular formula is C22H26ClFN2O3S2. The van der Waals surface area contributed by atoms with Crippen LogP contribution >= 0.6 is 23.4 Å². The summed E-state index contributed by atoms with van der Waals surface area (Å²) in [6.07, 6.45) is 3.66. The number of amides is 1. The van der Waals surface area contributed by atoms with E-state index < -0.39 is 10.0 Å². The van der Waals surface area contributed by atoms with E-state index in [0.717, 1.165) is 25.7 Å². The van der Waals surface area contributed by atoms with Gasteiger partial charge in [0.1, 0.15) is 10.7 Å². The van der Waals surface area contributed by atoms with Gasteiger partial charge in [-0.3, -0.25) is 4.79 Å². The van der Waals surface area contributed by atoms with E-state index in [9.17, 15) is 17.6 Å². The van der Waals surface area contributed by atoms with Gasteiger partial charge < -0.3 is 5.32 Å². The van der Waals surface area contributed by atoms with Crippen LogP contribution in [0.1, 0.15) is 41.6 Å². The molecule has 0 unspecified atom stereocenters. The summed E-state index contributed by atoms with van der Waals surface area (Å²) in [6.45, 7) is 1.32. The van der Waals surface area contributed by atoms with Gasteiger partial charge in [0.25, 0.3) is 5.91 Å². The van der Waals surface area contributed by atoms with Gasteiger partial charge >= 0.3 is 0 Å². The third kappa shape index (κ3) is 6.44. The maximum Gasteiger partial charge on any atom is 0.251 e. The number of rotatable bonds is 8. The van der Waals surface area contributed by atoms with E-state index in [0.29, 0.717) is 36.7 Å². The van der Waals surface area contributed by atoms with Gasteiger partial charge in [0, 0.05) is 36.7 Å². The average molecular weight is 485 g/mol. The second kappa shape index (κ2) is 11.3. The summed E-state index contributed by atoms with van der Waals surface area (Å²) in [6, 6.07) is 10.9. The Labute approximate surface area is 192 Å². The Morgan fingerprint density at radius 2 is 1.81 bits per heavy atom. The van der Waals surface area contributed by atoms with Crippen LogP contribution in [0.5, 0.6) is 0 Å². The van der Waals surface area contributed by atoms with Gasteiger partial charge in [-0.25, -0.2) is 12.8 Å². The molecule has 1 aliphatic rings. The van der Waals surface area contributed by atoms with Crippen molar-refractivity contribution in [1.29, 1.82) is 0 Å². The molecule has 0 bridgehead atoms. The molecule has 1 heterocycles. The average Bonchev–Trinajstić information content (AvgIpc) is 3.05. The highest BCUT2D eigenvalue weighted by atomic mass is 35.5. The largest absolute Gasteiger partial charge is 0.351 e. The zero-order valence-electron chi connectivity index (χ0n) is 17.1. The number of nitrogens with zero attached hydrogens (tertiary/aromatic N) is 1. The molecule has 5 nitrogen and oxygen atoms in total. The quantitative estimate of drug-likeness (QED) is 0.551. The van der Waals surface area contributed by atoms with Crippen molar-refractivity contribution in [1.82, 2.24) is 9.62 Å². The lowest BCUT2D eigenvalue weighted by atomic mass is 10.2. The number of benzene rings is 2. The fourth-order valence-electron chi connectivity index (χ4n) is 3.40. The highest BCUT2D eigenvalue weighted by Gasteiger charge is 2.28. The molecule has 2 aromatic carbocycles. The van der Waals surface area contributed by atoms with Crippen LogP contribution in [0.15, 0.2) is 47.4 Å². The Hall–Kier alpha value is -1.61. The van der Waals surface area contributed by atoms with E-state index in [1.54, 1.807) is 18.2 Å². The van der Waals surface area contributed by atoms with Crippen molar-refractivity contribution < 1.29 is 17.6 Å².